The van der Waals surface area contributed by atoms with Crippen molar-refractivity contribution in [2.75, 3.05) is 18.4 Å². The van der Waals surface area contributed by atoms with E-state index in [-0.39, 0.29) is 16.8 Å². The number of likely N-dealkylation sites (tertiary alicyclic amines) is 1. The monoisotopic (exact) mass is 360 g/mol. The van der Waals surface area contributed by atoms with Gasteiger partial charge in [-0.25, -0.2) is 4.39 Å². The number of rotatable bonds is 4. The molecule has 3 nitrogen and oxygen atoms in total. The first-order valence-electron chi connectivity index (χ1n) is 8.55. The van der Waals surface area contributed by atoms with Gasteiger partial charge in [0.1, 0.15) is 5.82 Å². The first kappa shape index (κ1) is 17.9. The molecule has 3 rings (SSSR count). The maximum atomic E-state index is 13.2. The highest BCUT2D eigenvalue weighted by Gasteiger charge is 2.25. The normalized spacial score (nSPS) is 16.0. The Morgan fingerprint density at radius 1 is 1.24 bits per heavy atom. The minimum Gasteiger partial charge on any atom is -0.326 e. The SMILES string of the molecule is Cc1ccccc1CN1CCC(C(=O)Nc2ccc(F)c(Cl)c2)CC1. The van der Waals surface area contributed by atoms with Crippen LogP contribution in [0.4, 0.5) is 10.1 Å². The zero-order valence-corrected chi connectivity index (χ0v) is 15.0. The van der Waals surface area contributed by atoms with Crippen molar-refractivity contribution in [3.63, 3.8) is 0 Å². The summed E-state index contributed by atoms with van der Waals surface area (Å²) in [6, 6.07) is 12.7. The largest absolute Gasteiger partial charge is 0.326 e. The molecule has 0 unspecified atom stereocenters. The molecule has 2 aromatic carbocycles. The highest BCUT2D eigenvalue weighted by molar-refractivity contribution is 6.31. The van der Waals surface area contributed by atoms with Gasteiger partial charge >= 0.3 is 0 Å². The number of amides is 1. The van der Waals surface area contributed by atoms with Gasteiger partial charge in [0.05, 0.1) is 5.02 Å². The highest BCUT2D eigenvalue weighted by atomic mass is 35.5. The maximum Gasteiger partial charge on any atom is 0.227 e. The second-order valence-electron chi connectivity index (χ2n) is 6.60. The molecule has 5 heteroatoms. The number of hydrogen-bond donors (Lipinski definition) is 1. The lowest BCUT2D eigenvalue weighted by atomic mass is 9.95. The maximum absolute atomic E-state index is 13.2. The molecule has 1 heterocycles. The molecule has 1 fully saturated rings. The number of anilines is 1. The first-order chi connectivity index (χ1) is 12.0. The lowest BCUT2D eigenvalue weighted by Gasteiger charge is -2.31. The van der Waals surface area contributed by atoms with E-state index in [9.17, 15) is 9.18 Å². The third kappa shape index (κ3) is 4.59. The summed E-state index contributed by atoms with van der Waals surface area (Å²) in [5, 5.41) is 2.86. The van der Waals surface area contributed by atoms with Gasteiger partial charge in [0.2, 0.25) is 5.91 Å². The smallest absolute Gasteiger partial charge is 0.227 e. The average molecular weight is 361 g/mol. The lowest BCUT2D eigenvalue weighted by molar-refractivity contribution is -0.121. The van der Waals surface area contributed by atoms with Gasteiger partial charge in [-0.2, -0.15) is 0 Å². The quantitative estimate of drug-likeness (QED) is 0.861. The van der Waals surface area contributed by atoms with Crippen LogP contribution in [0.5, 0.6) is 0 Å². The van der Waals surface area contributed by atoms with E-state index in [0.717, 1.165) is 32.5 Å². The van der Waals surface area contributed by atoms with Gasteiger partial charge in [-0.1, -0.05) is 35.9 Å². The van der Waals surface area contributed by atoms with Crippen LogP contribution in [0.2, 0.25) is 5.02 Å². The van der Waals surface area contributed by atoms with Crippen molar-refractivity contribution < 1.29 is 9.18 Å². The number of carbonyl (C=O) groups excluding carboxylic acids is 1. The Morgan fingerprint density at radius 3 is 2.64 bits per heavy atom. The number of halogens is 2. The van der Waals surface area contributed by atoms with Crippen molar-refractivity contribution in [3.8, 4) is 0 Å². The average Bonchev–Trinajstić information content (AvgIpc) is 2.61. The van der Waals surface area contributed by atoms with Gasteiger partial charge in [-0.05, 0) is 62.2 Å². The van der Waals surface area contributed by atoms with Gasteiger partial charge in [-0.3, -0.25) is 9.69 Å². The van der Waals surface area contributed by atoms with Crippen LogP contribution in [-0.4, -0.2) is 23.9 Å². The zero-order chi connectivity index (χ0) is 17.8. The Morgan fingerprint density at radius 2 is 1.96 bits per heavy atom. The molecule has 0 bridgehead atoms. The third-order valence-corrected chi connectivity index (χ3v) is 5.09. The fourth-order valence-electron chi connectivity index (χ4n) is 3.20. The lowest BCUT2D eigenvalue weighted by Crippen LogP contribution is -2.37. The van der Waals surface area contributed by atoms with Crippen molar-refractivity contribution >= 4 is 23.2 Å². The molecule has 0 spiro atoms. The van der Waals surface area contributed by atoms with Crippen molar-refractivity contribution in [2.24, 2.45) is 5.92 Å². The highest BCUT2D eigenvalue weighted by Crippen LogP contribution is 2.23. The second-order valence-corrected chi connectivity index (χ2v) is 7.00. The summed E-state index contributed by atoms with van der Waals surface area (Å²) in [4.78, 5) is 14.8. The molecule has 132 valence electrons. The molecule has 0 saturated carbocycles. The van der Waals surface area contributed by atoms with Crippen LogP contribution in [0.3, 0.4) is 0 Å². The fraction of sp³-hybridized carbons (Fsp3) is 0.350. The van der Waals surface area contributed by atoms with Crippen molar-refractivity contribution in [1.29, 1.82) is 0 Å². The summed E-state index contributed by atoms with van der Waals surface area (Å²) >= 11 is 5.76. The summed E-state index contributed by atoms with van der Waals surface area (Å²) in [6.07, 6.45) is 1.65. The van der Waals surface area contributed by atoms with Crippen LogP contribution in [0.25, 0.3) is 0 Å². The molecule has 1 aliphatic rings. The molecule has 1 aliphatic heterocycles. The summed E-state index contributed by atoms with van der Waals surface area (Å²) in [5.41, 5.74) is 3.18. The van der Waals surface area contributed by atoms with Gasteiger partial charge in [-0.15, -0.1) is 0 Å². The zero-order valence-electron chi connectivity index (χ0n) is 14.3. The minimum absolute atomic E-state index is 0.0155. The van der Waals surface area contributed by atoms with E-state index in [1.807, 2.05) is 0 Å². The van der Waals surface area contributed by atoms with Crippen LogP contribution in [0.15, 0.2) is 42.5 Å². The van der Waals surface area contributed by atoms with Crippen LogP contribution in [-0.2, 0) is 11.3 Å². The molecular weight excluding hydrogens is 339 g/mol. The predicted molar refractivity (Wildman–Crippen MR) is 99.2 cm³/mol. The van der Waals surface area contributed by atoms with E-state index in [2.05, 4.69) is 41.4 Å². The van der Waals surface area contributed by atoms with Crippen LogP contribution in [0.1, 0.15) is 24.0 Å². The first-order valence-corrected chi connectivity index (χ1v) is 8.93. The summed E-state index contributed by atoms with van der Waals surface area (Å²) in [5.74, 6) is -0.514. The Hall–Kier alpha value is -1.91. The van der Waals surface area contributed by atoms with E-state index in [4.69, 9.17) is 11.6 Å². The minimum atomic E-state index is -0.482. The molecule has 0 atom stereocenters. The summed E-state index contributed by atoms with van der Waals surface area (Å²) < 4.78 is 13.2. The second kappa shape index (κ2) is 7.98. The molecule has 2 aromatic rings. The number of benzene rings is 2. The number of nitrogens with zero attached hydrogens (tertiary/aromatic N) is 1. The molecule has 25 heavy (non-hydrogen) atoms. The summed E-state index contributed by atoms with van der Waals surface area (Å²) in [6.45, 7) is 4.85. The molecular formula is C20H22ClFN2O. The third-order valence-electron chi connectivity index (χ3n) is 4.80. The number of aryl methyl sites for hydroxylation is 1. The molecule has 1 amide bonds. The van der Waals surface area contributed by atoms with E-state index in [1.165, 1.54) is 29.3 Å². The Labute approximate surface area is 152 Å². The number of carbonyl (C=O) groups is 1. The molecule has 0 aliphatic carbocycles. The van der Waals surface area contributed by atoms with Crippen molar-refractivity contribution in [1.82, 2.24) is 4.90 Å². The van der Waals surface area contributed by atoms with Crippen molar-refractivity contribution in [2.45, 2.75) is 26.3 Å². The van der Waals surface area contributed by atoms with Gasteiger partial charge in [0.15, 0.2) is 0 Å². The van der Waals surface area contributed by atoms with Gasteiger partial charge in [0.25, 0.3) is 0 Å². The Balaban J connectivity index is 1.52. The van der Waals surface area contributed by atoms with E-state index in [1.54, 1.807) is 0 Å². The van der Waals surface area contributed by atoms with Crippen LogP contribution in [0, 0.1) is 18.7 Å². The van der Waals surface area contributed by atoms with Gasteiger partial charge in [0, 0.05) is 18.2 Å². The predicted octanol–water partition coefficient (Wildman–Crippen LogP) is 4.64. The number of hydrogen-bond acceptors (Lipinski definition) is 2. The summed E-state index contributed by atoms with van der Waals surface area (Å²) in [7, 11) is 0. The topological polar surface area (TPSA) is 32.3 Å². The molecule has 1 N–H and O–H groups in total. The van der Waals surface area contributed by atoms with Crippen molar-refractivity contribution in [3.05, 3.63) is 64.4 Å². The fourth-order valence-corrected chi connectivity index (χ4v) is 3.38. The Bertz CT molecular complexity index is 757. The number of nitrogens with one attached hydrogen (secondary N) is 1. The standard InChI is InChI=1S/C20H22ClFN2O/c1-14-4-2-3-5-16(14)13-24-10-8-15(9-11-24)20(25)23-17-6-7-19(22)18(21)12-17/h2-7,12,15H,8-11,13H2,1H3,(H,23,25). The van der Waals surface area contributed by atoms with E-state index >= 15 is 0 Å². The van der Waals surface area contributed by atoms with Gasteiger partial charge < -0.3 is 5.32 Å². The molecule has 1 saturated heterocycles. The van der Waals surface area contributed by atoms with Crippen LogP contribution >= 0.6 is 11.6 Å². The molecule has 0 aromatic heterocycles. The number of piperidine rings is 1. The molecule has 0 radical (unpaired) electrons. The van der Waals surface area contributed by atoms with E-state index in [0.29, 0.717) is 5.69 Å². The Kier molecular flexibility index (Phi) is 5.71. The van der Waals surface area contributed by atoms with E-state index < -0.39 is 5.82 Å². The van der Waals surface area contributed by atoms with Crippen LogP contribution < -0.4 is 5.32 Å².